The van der Waals surface area contributed by atoms with Crippen LogP contribution in [0.4, 0.5) is 14.5 Å². The van der Waals surface area contributed by atoms with Crippen LogP contribution in [0.2, 0.25) is 0 Å². The van der Waals surface area contributed by atoms with Crippen LogP contribution in [0.25, 0.3) is 0 Å². The molecule has 164 valence electrons. The number of hydrogen-bond donors (Lipinski definition) is 2. The average molecular weight is 434 g/mol. The number of hydrogen-bond acceptors (Lipinski definition) is 6. The number of aromatic nitrogens is 2. The smallest absolute Gasteiger partial charge is 0.387 e. The van der Waals surface area contributed by atoms with Gasteiger partial charge in [0.2, 0.25) is 0 Å². The standard InChI is InChI=1S/C20H20F2N4O5/c1-3-29-16-9-12(6-7-15(16)31-20(21)22)18(27)24-14-11-26(2)25-17(14)19(28)23-10-13-5-4-8-30-13/h4-9,11,20H,3,10H2,1-2H3,(H,23,28)(H,24,27). The Bertz CT molecular complexity index is 1050. The number of amides is 2. The predicted molar refractivity (Wildman–Crippen MR) is 105 cm³/mol. The highest BCUT2D eigenvalue weighted by Crippen LogP contribution is 2.30. The van der Waals surface area contributed by atoms with Crippen molar-refractivity contribution in [1.82, 2.24) is 15.1 Å². The molecule has 0 fully saturated rings. The van der Waals surface area contributed by atoms with Crippen LogP contribution in [0, 0.1) is 0 Å². The summed E-state index contributed by atoms with van der Waals surface area (Å²) in [6.07, 6.45) is 2.96. The van der Waals surface area contributed by atoms with Gasteiger partial charge in [-0.25, -0.2) is 0 Å². The van der Waals surface area contributed by atoms with Crippen LogP contribution < -0.4 is 20.1 Å². The van der Waals surface area contributed by atoms with Gasteiger partial charge in [0.15, 0.2) is 17.2 Å². The Labute approximate surface area is 175 Å². The van der Waals surface area contributed by atoms with Crippen LogP contribution in [0.15, 0.2) is 47.2 Å². The molecule has 2 amide bonds. The lowest BCUT2D eigenvalue weighted by molar-refractivity contribution is -0.0514. The Morgan fingerprint density at radius 2 is 2.03 bits per heavy atom. The van der Waals surface area contributed by atoms with E-state index in [4.69, 9.17) is 9.15 Å². The first-order chi connectivity index (χ1) is 14.9. The zero-order chi connectivity index (χ0) is 22.4. The third kappa shape index (κ3) is 5.59. The molecule has 0 unspecified atom stereocenters. The van der Waals surface area contributed by atoms with Gasteiger partial charge in [-0.05, 0) is 37.3 Å². The first-order valence-electron chi connectivity index (χ1n) is 9.24. The van der Waals surface area contributed by atoms with Crippen molar-refractivity contribution in [2.75, 3.05) is 11.9 Å². The Morgan fingerprint density at radius 1 is 1.23 bits per heavy atom. The lowest BCUT2D eigenvalue weighted by atomic mass is 10.2. The highest BCUT2D eigenvalue weighted by Gasteiger charge is 2.20. The number of nitrogens with one attached hydrogen (secondary N) is 2. The van der Waals surface area contributed by atoms with Crippen molar-refractivity contribution >= 4 is 17.5 Å². The molecule has 0 bridgehead atoms. The van der Waals surface area contributed by atoms with E-state index in [0.29, 0.717) is 5.76 Å². The molecule has 3 rings (SSSR count). The predicted octanol–water partition coefficient (Wildman–Crippen LogP) is 3.20. The van der Waals surface area contributed by atoms with E-state index < -0.39 is 18.4 Å². The fourth-order valence-electron chi connectivity index (χ4n) is 2.72. The van der Waals surface area contributed by atoms with E-state index in [9.17, 15) is 18.4 Å². The van der Waals surface area contributed by atoms with Gasteiger partial charge in [-0.15, -0.1) is 0 Å². The van der Waals surface area contributed by atoms with Gasteiger partial charge < -0.3 is 24.5 Å². The monoisotopic (exact) mass is 434 g/mol. The second-order valence-corrected chi connectivity index (χ2v) is 6.25. The van der Waals surface area contributed by atoms with Crippen molar-refractivity contribution in [2.45, 2.75) is 20.1 Å². The number of furan rings is 1. The van der Waals surface area contributed by atoms with Gasteiger partial charge in [-0.3, -0.25) is 14.3 Å². The number of nitrogens with zero attached hydrogens (tertiary/aromatic N) is 2. The summed E-state index contributed by atoms with van der Waals surface area (Å²) < 4.78 is 41.3. The molecule has 2 heterocycles. The van der Waals surface area contributed by atoms with Crippen molar-refractivity contribution in [3.63, 3.8) is 0 Å². The van der Waals surface area contributed by atoms with Gasteiger partial charge in [0.25, 0.3) is 11.8 Å². The van der Waals surface area contributed by atoms with Crippen LogP contribution in [0.1, 0.15) is 33.5 Å². The summed E-state index contributed by atoms with van der Waals surface area (Å²) >= 11 is 0. The molecule has 0 radical (unpaired) electrons. The molecule has 9 nitrogen and oxygen atoms in total. The topological polar surface area (TPSA) is 108 Å². The van der Waals surface area contributed by atoms with Gasteiger partial charge >= 0.3 is 6.61 Å². The molecule has 0 spiro atoms. The zero-order valence-corrected chi connectivity index (χ0v) is 16.7. The number of aryl methyl sites for hydroxylation is 1. The second kappa shape index (κ2) is 9.74. The highest BCUT2D eigenvalue weighted by atomic mass is 19.3. The van der Waals surface area contributed by atoms with Crippen molar-refractivity contribution in [2.24, 2.45) is 7.05 Å². The van der Waals surface area contributed by atoms with E-state index in [1.54, 1.807) is 26.1 Å². The molecular weight excluding hydrogens is 414 g/mol. The molecule has 2 N–H and O–H groups in total. The van der Waals surface area contributed by atoms with Crippen molar-refractivity contribution in [3.8, 4) is 11.5 Å². The van der Waals surface area contributed by atoms with Crippen LogP contribution in [-0.4, -0.2) is 34.8 Å². The molecule has 0 atom stereocenters. The normalized spacial score (nSPS) is 10.7. The minimum absolute atomic E-state index is 0.00180. The van der Waals surface area contributed by atoms with Gasteiger partial charge in [-0.1, -0.05) is 0 Å². The van der Waals surface area contributed by atoms with Crippen molar-refractivity contribution < 1.29 is 32.3 Å². The summed E-state index contributed by atoms with van der Waals surface area (Å²) in [7, 11) is 1.60. The Kier molecular flexibility index (Phi) is 6.85. The van der Waals surface area contributed by atoms with E-state index in [-0.39, 0.29) is 41.6 Å². The third-order valence-corrected chi connectivity index (χ3v) is 4.02. The Balaban J connectivity index is 1.75. The van der Waals surface area contributed by atoms with Crippen molar-refractivity contribution in [1.29, 1.82) is 0 Å². The van der Waals surface area contributed by atoms with E-state index in [0.717, 1.165) is 0 Å². The van der Waals surface area contributed by atoms with E-state index in [1.807, 2.05) is 0 Å². The number of alkyl halides is 2. The molecule has 0 aliphatic carbocycles. The number of benzene rings is 1. The quantitative estimate of drug-likeness (QED) is 0.536. The van der Waals surface area contributed by atoms with Crippen LogP contribution in [-0.2, 0) is 13.6 Å². The lowest BCUT2D eigenvalue weighted by Crippen LogP contribution is -2.25. The van der Waals surface area contributed by atoms with Crippen LogP contribution in [0.5, 0.6) is 11.5 Å². The van der Waals surface area contributed by atoms with Gasteiger partial charge in [-0.2, -0.15) is 13.9 Å². The molecule has 31 heavy (non-hydrogen) atoms. The van der Waals surface area contributed by atoms with E-state index >= 15 is 0 Å². The number of halogens is 2. The first-order valence-corrected chi connectivity index (χ1v) is 9.24. The average Bonchev–Trinajstić information content (AvgIpc) is 3.37. The summed E-state index contributed by atoms with van der Waals surface area (Å²) in [5, 5.41) is 9.33. The number of anilines is 1. The largest absolute Gasteiger partial charge is 0.490 e. The molecule has 2 aromatic heterocycles. The first kappa shape index (κ1) is 21.8. The summed E-state index contributed by atoms with van der Waals surface area (Å²) in [6.45, 7) is -1.02. The minimum atomic E-state index is -3.03. The highest BCUT2D eigenvalue weighted by molar-refractivity contribution is 6.08. The van der Waals surface area contributed by atoms with Crippen molar-refractivity contribution in [3.05, 3.63) is 59.8 Å². The minimum Gasteiger partial charge on any atom is -0.490 e. The fourth-order valence-corrected chi connectivity index (χ4v) is 2.72. The summed E-state index contributed by atoms with van der Waals surface area (Å²) in [6, 6.07) is 7.21. The van der Waals surface area contributed by atoms with Crippen LogP contribution in [0.3, 0.4) is 0 Å². The molecule has 0 saturated carbocycles. The van der Waals surface area contributed by atoms with Gasteiger partial charge in [0.1, 0.15) is 5.76 Å². The molecule has 3 aromatic rings. The molecule has 11 heteroatoms. The number of carbonyl (C=O) groups is 2. The number of carbonyl (C=O) groups excluding carboxylic acids is 2. The third-order valence-electron chi connectivity index (χ3n) is 4.02. The van der Waals surface area contributed by atoms with E-state index in [2.05, 4.69) is 20.5 Å². The zero-order valence-electron chi connectivity index (χ0n) is 16.7. The molecule has 0 aliphatic rings. The maximum atomic E-state index is 12.7. The number of rotatable bonds is 9. The SMILES string of the molecule is CCOc1cc(C(=O)Nc2cn(C)nc2C(=O)NCc2ccco2)ccc1OC(F)F. The molecule has 1 aromatic carbocycles. The molecule has 0 aliphatic heterocycles. The van der Waals surface area contributed by atoms with Gasteiger partial charge in [0, 0.05) is 18.8 Å². The van der Waals surface area contributed by atoms with Gasteiger partial charge in [0.05, 0.1) is 25.1 Å². The Morgan fingerprint density at radius 3 is 2.71 bits per heavy atom. The molecular formula is C20H20F2N4O5. The van der Waals surface area contributed by atoms with E-state index in [1.165, 1.54) is 35.3 Å². The molecule has 0 saturated heterocycles. The summed E-state index contributed by atoms with van der Waals surface area (Å²) in [5.41, 5.74) is 0.302. The maximum absolute atomic E-state index is 12.7. The maximum Gasteiger partial charge on any atom is 0.387 e. The number of ether oxygens (including phenoxy) is 2. The summed E-state index contributed by atoms with van der Waals surface area (Å²) in [5.74, 6) is -0.726. The summed E-state index contributed by atoms with van der Waals surface area (Å²) in [4.78, 5) is 25.2. The second-order valence-electron chi connectivity index (χ2n) is 6.25. The lowest BCUT2D eigenvalue weighted by Gasteiger charge is -2.12. The Hall–Kier alpha value is -3.89. The van der Waals surface area contributed by atoms with Crippen LogP contribution >= 0.6 is 0 Å². The fraction of sp³-hybridized carbons (Fsp3) is 0.250.